The molecule has 1 N–H and O–H groups in total. The zero-order chi connectivity index (χ0) is 18.3. The summed E-state index contributed by atoms with van der Waals surface area (Å²) in [5, 5.41) is 3.09. The van der Waals surface area contributed by atoms with Crippen LogP contribution in [0.5, 0.6) is 0 Å². The number of nitrogens with zero attached hydrogens (tertiary/aromatic N) is 1. The molecule has 0 radical (unpaired) electrons. The van der Waals surface area contributed by atoms with Gasteiger partial charge in [0.05, 0.1) is 5.02 Å². The van der Waals surface area contributed by atoms with Gasteiger partial charge in [-0.1, -0.05) is 30.2 Å². The largest absolute Gasteiger partial charge is 0.326 e. The van der Waals surface area contributed by atoms with Crippen LogP contribution in [0.15, 0.2) is 35.2 Å². The minimum absolute atomic E-state index is 0.0252. The molecule has 0 spiro atoms. The number of anilines is 1. The van der Waals surface area contributed by atoms with Crippen molar-refractivity contribution in [3.05, 3.63) is 35.4 Å². The van der Waals surface area contributed by atoms with Crippen molar-refractivity contribution >= 4 is 33.2 Å². The van der Waals surface area contributed by atoms with Gasteiger partial charge in [0.25, 0.3) is 0 Å². The van der Waals surface area contributed by atoms with Crippen LogP contribution in [-0.2, 0) is 14.8 Å². The Kier molecular flexibility index (Phi) is 4.84. The van der Waals surface area contributed by atoms with Gasteiger partial charge in [-0.25, -0.2) is 8.42 Å². The summed E-state index contributed by atoms with van der Waals surface area (Å²) < 4.78 is 27.3. The van der Waals surface area contributed by atoms with E-state index in [0.29, 0.717) is 30.6 Å². The van der Waals surface area contributed by atoms with Crippen molar-refractivity contribution in [1.82, 2.24) is 4.31 Å². The number of benzene rings is 1. The molecule has 0 aromatic heterocycles. The highest BCUT2D eigenvalue weighted by molar-refractivity contribution is 7.89. The van der Waals surface area contributed by atoms with E-state index < -0.39 is 10.0 Å². The van der Waals surface area contributed by atoms with Gasteiger partial charge in [0.2, 0.25) is 15.9 Å². The first-order valence-corrected chi connectivity index (χ1v) is 11.1. The predicted molar refractivity (Wildman–Crippen MR) is 102 cm³/mol. The van der Waals surface area contributed by atoms with Crippen LogP contribution in [0.25, 0.3) is 0 Å². The van der Waals surface area contributed by atoms with Gasteiger partial charge in [0, 0.05) is 24.7 Å². The van der Waals surface area contributed by atoms with Crippen LogP contribution in [0.4, 0.5) is 5.69 Å². The quantitative estimate of drug-likeness (QED) is 0.792. The van der Waals surface area contributed by atoms with Crippen molar-refractivity contribution < 1.29 is 13.2 Å². The zero-order valence-electron chi connectivity index (χ0n) is 14.5. The summed E-state index contributed by atoms with van der Waals surface area (Å²) in [4.78, 5) is 12.7. The molecule has 140 valence electrons. The van der Waals surface area contributed by atoms with Gasteiger partial charge in [-0.3, -0.25) is 4.79 Å². The van der Waals surface area contributed by atoms with Crippen LogP contribution in [0, 0.1) is 17.8 Å². The number of hydrogen-bond donors (Lipinski definition) is 1. The smallest absolute Gasteiger partial charge is 0.244 e. The predicted octanol–water partition coefficient (Wildman–Crippen LogP) is 3.67. The number of sulfonamides is 1. The van der Waals surface area contributed by atoms with Crippen LogP contribution in [0.1, 0.15) is 32.1 Å². The maximum absolute atomic E-state index is 12.9. The van der Waals surface area contributed by atoms with Crippen LogP contribution in [0.2, 0.25) is 5.02 Å². The number of rotatable bonds is 4. The zero-order valence-corrected chi connectivity index (χ0v) is 16.1. The summed E-state index contributed by atoms with van der Waals surface area (Å²) in [6.45, 7) is 1.04. The van der Waals surface area contributed by atoms with Gasteiger partial charge in [-0.2, -0.15) is 4.31 Å². The maximum atomic E-state index is 12.9. The van der Waals surface area contributed by atoms with Gasteiger partial charge >= 0.3 is 0 Å². The lowest BCUT2D eigenvalue weighted by molar-refractivity contribution is -0.120. The van der Waals surface area contributed by atoms with E-state index in [0.717, 1.165) is 32.1 Å². The lowest BCUT2D eigenvalue weighted by Crippen LogP contribution is -2.35. The number of piperidine rings is 1. The second-order valence-electron chi connectivity index (χ2n) is 7.49. The summed E-state index contributed by atoms with van der Waals surface area (Å²) in [7, 11) is -3.64. The second kappa shape index (κ2) is 6.98. The first-order valence-electron chi connectivity index (χ1n) is 9.24. The molecule has 1 amide bonds. The summed E-state index contributed by atoms with van der Waals surface area (Å²) in [5.74, 6) is 0.758. The van der Waals surface area contributed by atoms with Crippen LogP contribution >= 0.6 is 11.6 Å². The first-order chi connectivity index (χ1) is 12.4. The molecule has 2 bridgehead atoms. The van der Waals surface area contributed by atoms with E-state index in [-0.39, 0.29) is 21.7 Å². The molecule has 1 saturated carbocycles. The van der Waals surface area contributed by atoms with Gasteiger partial charge in [0.1, 0.15) is 4.90 Å². The number of fused-ring (bicyclic) bond motifs is 2. The summed E-state index contributed by atoms with van der Waals surface area (Å²) in [6, 6.07) is 4.71. The lowest BCUT2D eigenvalue weighted by Gasteiger charge is -2.26. The molecule has 3 unspecified atom stereocenters. The van der Waals surface area contributed by atoms with E-state index >= 15 is 0 Å². The molecule has 1 heterocycles. The average molecular weight is 395 g/mol. The molecule has 1 aromatic carbocycles. The van der Waals surface area contributed by atoms with Crippen molar-refractivity contribution in [2.75, 3.05) is 18.4 Å². The first kappa shape index (κ1) is 18.0. The van der Waals surface area contributed by atoms with Gasteiger partial charge in [-0.15, -0.1) is 0 Å². The number of halogens is 1. The Morgan fingerprint density at radius 1 is 1.12 bits per heavy atom. The highest BCUT2D eigenvalue weighted by atomic mass is 35.5. The average Bonchev–Trinajstić information content (AvgIpc) is 3.27. The molecule has 2 fully saturated rings. The molecule has 1 saturated heterocycles. The highest BCUT2D eigenvalue weighted by Crippen LogP contribution is 2.44. The van der Waals surface area contributed by atoms with E-state index in [1.807, 2.05) is 0 Å². The monoisotopic (exact) mass is 394 g/mol. The molecule has 3 atom stereocenters. The minimum atomic E-state index is -3.64. The number of carbonyl (C=O) groups is 1. The van der Waals surface area contributed by atoms with Gasteiger partial charge in [-0.05, 0) is 55.7 Å². The molecule has 3 aliphatic rings. The van der Waals surface area contributed by atoms with Crippen molar-refractivity contribution in [3.8, 4) is 0 Å². The van der Waals surface area contributed by atoms with E-state index in [2.05, 4.69) is 17.5 Å². The van der Waals surface area contributed by atoms with Crippen LogP contribution in [0.3, 0.4) is 0 Å². The van der Waals surface area contributed by atoms with E-state index in [4.69, 9.17) is 11.6 Å². The standard InChI is InChI=1S/C19H23ClN2O3S/c20-17-7-6-15(21-19(23)16-11-13-4-5-14(16)10-13)12-18(17)26(24,25)22-8-2-1-3-9-22/h4-7,12-14,16H,1-3,8-11H2,(H,21,23). The van der Waals surface area contributed by atoms with E-state index in [9.17, 15) is 13.2 Å². The molecular formula is C19H23ClN2O3S. The van der Waals surface area contributed by atoms with Crippen molar-refractivity contribution in [2.24, 2.45) is 17.8 Å². The molecular weight excluding hydrogens is 372 g/mol. The fourth-order valence-electron chi connectivity index (χ4n) is 4.34. The lowest BCUT2D eigenvalue weighted by atomic mass is 9.93. The Morgan fingerprint density at radius 3 is 2.54 bits per heavy atom. The minimum Gasteiger partial charge on any atom is -0.326 e. The maximum Gasteiger partial charge on any atom is 0.244 e. The molecule has 4 rings (SSSR count). The van der Waals surface area contributed by atoms with E-state index in [1.165, 1.54) is 10.4 Å². The molecule has 2 aliphatic carbocycles. The Hall–Kier alpha value is -1.37. The molecule has 7 heteroatoms. The van der Waals surface area contributed by atoms with Crippen molar-refractivity contribution in [1.29, 1.82) is 0 Å². The van der Waals surface area contributed by atoms with Gasteiger partial charge < -0.3 is 5.32 Å². The number of allylic oxidation sites excluding steroid dienone is 2. The van der Waals surface area contributed by atoms with Crippen LogP contribution in [-0.4, -0.2) is 31.7 Å². The Bertz CT molecular complexity index is 846. The van der Waals surface area contributed by atoms with Crippen molar-refractivity contribution in [3.63, 3.8) is 0 Å². The number of hydrogen-bond acceptors (Lipinski definition) is 3. The number of carbonyl (C=O) groups excluding carboxylic acids is 1. The topological polar surface area (TPSA) is 66.5 Å². The SMILES string of the molecule is O=C(Nc1ccc(Cl)c(S(=O)(=O)N2CCCCC2)c1)C1CC2C=CC1C2. The highest BCUT2D eigenvalue weighted by Gasteiger charge is 2.39. The van der Waals surface area contributed by atoms with Crippen molar-refractivity contribution in [2.45, 2.75) is 37.0 Å². The Balaban J connectivity index is 1.54. The molecule has 5 nitrogen and oxygen atoms in total. The number of nitrogens with one attached hydrogen (secondary N) is 1. The molecule has 1 aromatic rings. The van der Waals surface area contributed by atoms with E-state index in [1.54, 1.807) is 12.1 Å². The number of amides is 1. The second-order valence-corrected chi connectivity index (χ2v) is 9.80. The molecule has 1 aliphatic heterocycles. The van der Waals surface area contributed by atoms with Crippen LogP contribution < -0.4 is 5.32 Å². The third kappa shape index (κ3) is 3.30. The fraction of sp³-hybridized carbons (Fsp3) is 0.526. The summed E-state index contributed by atoms with van der Waals surface area (Å²) in [6.07, 6.45) is 9.03. The summed E-state index contributed by atoms with van der Waals surface area (Å²) >= 11 is 6.19. The summed E-state index contributed by atoms with van der Waals surface area (Å²) in [5.41, 5.74) is 0.488. The Morgan fingerprint density at radius 2 is 1.88 bits per heavy atom. The normalized spacial score (nSPS) is 28.4. The third-order valence-electron chi connectivity index (χ3n) is 5.75. The Labute approximate surface area is 159 Å². The van der Waals surface area contributed by atoms with Gasteiger partial charge in [0.15, 0.2) is 0 Å². The third-order valence-corrected chi connectivity index (χ3v) is 8.13. The fourth-order valence-corrected chi connectivity index (χ4v) is 6.36. The molecule has 26 heavy (non-hydrogen) atoms.